The molecule has 1 atom stereocenters. The van der Waals surface area contributed by atoms with Crippen molar-refractivity contribution in [2.45, 2.75) is 19.4 Å². The summed E-state index contributed by atoms with van der Waals surface area (Å²) in [6.45, 7) is 1.82. The third kappa shape index (κ3) is 3.26. The van der Waals surface area contributed by atoms with E-state index < -0.39 is 5.82 Å². The van der Waals surface area contributed by atoms with Gasteiger partial charge in [-0.25, -0.2) is 4.39 Å². The van der Waals surface area contributed by atoms with E-state index in [-0.39, 0.29) is 16.1 Å². The summed E-state index contributed by atoms with van der Waals surface area (Å²) in [4.78, 5) is 0. The van der Waals surface area contributed by atoms with Crippen molar-refractivity contribution in [2.75, 3.05) is 5.32 Å². The number of halogens is 3. The van der Waals surface area contributed by atoms with Crippen molar-refractivity contribution in [3.8, 4) is 6.07 Å². The minimum absolute atomic E-state index is 0.0875. The molecule has 0 saturated heterocycles. The van der Waals surface area contributed by atoms with Gasteiger partial charge in [-0.1, -0.05) is 23.2 Å². The first kappa shape index (κ1) is 12.1. The number of rotatable bonds is 3. The van der Waals surface area contributed by atoms with E-state index in [2.05, 4.69) is 5.32 Å². The van der Waals surface area contributed by atoms with Crippen LogP contribution < -0.4 is 5.32 Å². The molecule has 1 aromatic rings. The van der Waals surface area contributed by atoms with Crippen molar-refractivity contribution in [3.05, 3.63) is 28.0 Å². The Morgan fingerprint density at radius 1 is 1.47 bits per heavy atom. The highest BCUT2D eigenvalue weighted by molar-refractivity contribution is 6.39. The first-order chi connectivity index (χ1) is 7.04. The highest BCUT2D eigenvalue weighted by Gasteiger charge is 2.10. The molecule has 1 aromatic carbocycles. The van der Waals surface area contributed by atoms with Gasteiger partial charge in [0.15, 0.2) is 0 Å². The molecule has 0 aromatic heterocycles. The summed E-state index contributed by atoms with van der Waals surface area (Å²) in [5.74, 6) is -0.483. The first-order valence-electron chi connectivity index (χ1n) is 4.32. The van der Waals surface area contributed by atoms with Crippen LogP contribution >= 0.6 is 23.2 Å². The minimum atomic E-state index is -0.483. The molecule has 1 N–H and O–H groups in total. The van der Waals surface area contributed by atoms with Gasteiger partial charge in [-0.15, -0.1) is 0 Å². The average molecular weight is 247 g/mol. The molecule has 0 heterocycles. The van der Waals surface area contributed by atoms with Crippen LogP contribution in [0.4, 0.5) is 10.1 Å². The molecule has 2 nitrogen and oxygen atoms in total. The summed E-state index contributed by atoms with van der Waals surface area (Å²) >= 11 is 11.6. The predicted octanol–water partition coefficient (Wildman–Crippen LogP) is 3.85. The van der Waals surface area contributed by atoms with E-state index in [0.29, 0.717) is 12.1 Å². The van der Waals surface area contributed by atoms with Gasteiger partial charge in [-0.05, 0) is 19.1 Å². The molecule has 0 fully saturated rings. The molecular weight excluding hydrogens is 238 g/mol. The van der Waals surface area contributed by atoms with Gasteiger partial charge < -0.3 is 5.32 Å². The van der Waals surface area contributed by atoms with E-state index in [0.717, 1.165) is 0 Å². The molecule has 1 rings (SSSR count). The van der Waals surface area contributed by atoms with Crippen molar-refractivity contribution >= 4 is 28.9 Å². The molecule has 0 saturated carbocycles. The minimum Gasteiger partial charge on any atom is -0.379 e. The highest BCUT2D eigenvalue weighted by Crippen LogP contribution is 2.31. The quantitative estimate of drug-likeness (QED) is 0.880. The van der Waals surface area contributed by atoms with Crippen LogP contribution in [0.15, 0.2) is 12.1 Å². The van der Waals surface area contributed by atoms with E-state index in [1.54, 1.807) is 0 Å². The summed E-state index contributed by atoms with van der Waals surface area (Å²) in [5, 5.41) is 11.9. The third-order valence-corrected chi connectivity index (χ3v) is 2.39. The van der Waals surface area contributed by atoms with Gasteiger partial charge in [0.05, 0.1) is 28.2 Å². The molecule has 0 spiro atoms. The summed E-state index contributed by atoms with van der Waals surface area (Å²) in [5.41, 5.74) is 0.461. The number of nitriles is 1. The van der Waals surface area contributed by atoms with Crippen molar-refractivity contribution < 1.29 is 4.39 Å². The monoisotopic (exact) mass is 246 g/mol. The Kier molecular flexibility index (Phi) is 4.19. The number of hydrogen-bond donors (Lipinski definition) is 1. The number of nitrogens with one attached hydrogen (secondary N) is 1. The lowest BCUT2D eigenvalue weighted by Gasteiger charge is -2.14. The van der Waals surface area contributed by atoms with Gasteiger partial charge in [0.1, 0.15) is 5.82 Å². The molecule has 0 amide bonds. The van der Waals surface area contributed by atoms with Crippen molar-refractivity contribution in [1.29, 1.82) is 5.26 Å². The van der Waals surface area contributed by atoms with Gasteiger partial charge >= 0.3 is 0 Å². The summed E-state index contributed by atoms with van der Waals surface area (Å²) < 4.78 is 12.8. The maximum atomic E-state index is 12.8. The second-order valence-electron chi connectivity index (χ2n) is 3.15. The van der Waals surface area contributed by atoms with E-state index in [1.165, 1.54) is 12.1 Å². The standard InChI is InChI=1S/C10H9Cl2FN2/c1-6(2-3-14)15-10-8(11)4-7(13)5-9(10)12/h4-6,15H,2H2,1H3. The first-order valence-corrected chi connectivity index (χ1v) is 5.08. The van der Waals surface area contributed by atoms with Crippen LogP contribution in [0, 0.1) is 17.1 Å². The Balaban J connectivity index is 2.91. The Morgan fingerprint density at radius 2 is 2.00 bits per heavy atom. The van der Waals surface area contributed by atoms with Gasteiger partial charge in [0.2, 0.25) is 0 Å². The fourth-order valence-electron chi connectivity index (χ4n) is 1.11. The number of anilines is 1. The van der Waals surface area contributed by atoms with Crippen LogP contribution in [0.5, 0.6) is 0 Å². The Morgan fingerprint density at radius 3 is 2.47 bits per heavy atom. The van der Waals surface area contributed by atoms with Crippen LogP contribution in [0.3, 0.4) is 0 Å². The molecule has 0 aliphatic carbocycles. The van der Waals surface area contributed by atoms with Crippen LogP contribution in [0.1, 0.15) is 13.3 Å². The third-order valence-electron chi connectivity index (χ3n) is 1.80. The maximum absolute atomic E-state index is 12.8. The number of nitrogens with zero attached hydrogens (tertiary/aromatic N) is 1. The lowest BCUT2D eigenvalue weighted by atomic mass is 10.2. The smallest absolute Gasteiger partial charge is 0.126 e. The lowest BCUT2D eigenvalue weighted by Crippen LogP contribution is -2.14. The molecule has 0 radical (unpaired) electrons. The molecule has 1 unspecified atom stereocenters. The molecule has 15 heavy (non-hydrogen) atoms. The number of hydrogen-bond acceptors (Lipinski definition) is 2. The fraction of sp³-hybridized carbons (Fsp3) is 0.300. The topological polar surface area (TPSA) is 35.8 Å². The second kappa shape index (κ2) is 5.20. The zero-order valence-electron chi connectivity index (χ0n) is 8.02. The molecular formula is C10H9Cl2FN2. The van der Waals surface area contributed by atoms with Gasteiger partial charge in [0.25, 0.3) is 0 Å². The van der Waals surface area contributed by atoms with E-state index >= 15 is 0 Å². The van der Waals surface area contributed by atoms with Crippen molar-refractivity contribution in [3.63, 3.8) is 0 Å². The van der Waals surface area contributed by atoms with E-state index in [4.69, 9.17) is 28.5 Å². The molecule has 0 bridgehead atoms. The van der Waals surface area contributed by atoms with E-state index in [9.17, 15) is 4.39 Å². The summed E-state index contributed by atoms with van der Waals surface area (Å²) in [6.07, 6.45) is 0.323. The van der Waals surface area contributed by atoms with Gasteiger partial charge in [-0.3, -0.25) is 0 Å². The SMILES string of the molecule is CC(CC#N)Nc1c(Cl)cc(F)cc1Cl. The van der Waals surface area contributed by atoms with E-state index in [1.807, 2.05) is 13.0 Å². The normalized spacial score (nSPS) is 11.9. The zero-order chi connectivity index (χ0) is 11.4. The molecule has 0 aliphatic rings. The van der Waals surface area contributed by atoms with Crippen molar-refractivity contribution in [2.24, 2.45) is 0 Å². The fourth-order valence-corrected chi connectivity index (χ4v) is 1.68. The van der Waals surface area contributed by atoms with Crippen molar-refractivity contribution in [1.82, 2.24) is 0 Å². The zero-order valence-corrected chi connectivity index (χ0v) is 9.53. The predicted molar refractivity (Wildman–Crippen MR) is 59.7 cm³/mol. The van der Waals surface area contributed by atoms with Crippen LogP contribution in [0.25, 0.3) is 0 Å². The lowest BCUT2D eigenvalue weighted by molar-refractivity contribution is 0.628. The summed E-state index contributed by atoms with van der Waals surface area (Å²) in [6, 6.07) is 4.28. The summed E-state index contributed by atoms with van der Waals surface area (Å²) in [7, 11) is 0. The largest absolute Gasteiger partial charge is 0.379 e. The number of benzene rings is 1. The van der Waals surface area contributed by atoms with Crippen LogP contribution in [-0.2, 0) is 0 Å². The highest BCUT2D eigenvalue weighted by atomic mass is 35.5. The average Bonchev–Trinajstić information content (AvgIpc) is 2.11. The molecule has 5 heteroatoms. The Bertz CT molecular complexity index is 378. The van der Waals surface area contributed by atoms with Crippen LogP contribution in [-0.4, -0.2) is 6.04 Å². The molecule has 0 aliphatic heterocycles. The Labute approximate surface area is 97.6 Å². The molecule has 80 valence electrons. The Hall–Kier alpha value is -0.980. The van der Waals surface area contributed by atoms with Crippen LogP contribution in [0.2, 0.25) is 10.0 Å². The second-order valence-corrected chi connectivity index (χ2v) is 3.97. The van der Waals surface area contributed by atoms with Gasteiger partial charge in [0, 0.05) is 6.04 Å². The maximum Gasteiger partial charge on any atom is 0.126 e. The van der Waals surface area contributed by atoms with Gasteiger partial charge in [-0.2, -0.15) is 5.26 Å².